The van der Waals surface area contributed by atoms with E-state index < -0.39 is 0 Å². The van der Waals surface area contributed by atoms with Gasteiger partial charge in [0.25, 0.3) is 0 Å². The monoisotopic (exact) mass is 133 g/mol. The van der Waals surface area contributed by atoms with Crippen LogP contribution in [0.2, 0.25) is 0 Å². The summed E-state index contributed by atoms with van der Waals surface area (Å²) in [4.78, 5) is 4.85. The van der Waals surface area contributed by atoms with Crippen LogP contribution < -0.4 is 5.48 Å². The zero-order valence-electron chi connectivity index (χ0n) is 5.89. The minimum Gasteiger partial charge on any atom is -0.396 e. The molecule has 0 aromatic carbocycles. The molecule has 0 aliphatic rings. The Bertz CT molecular complexity index is 44.3. The van der Waals surface area contributed by atoms with Gasteiger partial charge >= 0.3 is 0 Å². The van der Waals surface area contributed by atoms with E-state index in [0.717, 1.165) is 25.9 Å². The normalized spacial score (nSPS) is 10.0. The molecular formula is C6H15NO2. The second-order valence-corrected chi connectivity index (χ2v) is 1.84. The van der Waals surface area contributed by atoms with Crippen molar-refractivity contribution < 1.29 is 9.94 Å². The van der Waals surface area contributed by atoms with Gasteiger partial charge in [0, 0.05) is 13.7 Å². The third-order valence-electron chi connectivity index (χ3n) is 1.05. The standard InChI is InChI=1S/C6H15NO2/c1-7-9-6-4-2-3-5-8/h7-8H,2-6H2,1H3. The van der Waals surface area contributed by atoms with Gasteiger partial charge in [0.05, 0.1) is 6.61 Å². The molecule has 0 amide bonds. The molecule has 0 unspecified atom stereocenters. The molecular weight excluding hydrogens is 118 g/mol. The molecule has 0 heterocycles. The number of aliphatic hydroxyl groups excluding tert-OH is 1. The van der Waals surface area contributed by atoms with Crippen molar-refractivity contribution in [2.75, 3.05) is 20.3 Å². The molecule has 0 aliphatic carbocycles. The molecule has 3 heteroatoms. The fraction of sp³-hybridized carbons (Fsp3) is 1.00. The van der Waals surface area contributed by atoms with Crippen molar-refractivity contribution in [2.45, 2.75) is 19.3 Å². The highest BCUT2D eigenvalue weighted by molar-refractivity contribution is 4.37. The number of aliphatic hydroxyl groups is 1. The molecule has 0 aromatic heterocycles. The highest BCUT2D eigenvalue weighted by atomic mass is 16.6. The van der Waals surface area contributed by atoms with Gasteiger partial charge in [-0.1, -0.05) is 0 Å². The van der Waals surface area contributed by atoms with Crippen LogP contribution in [0.3, 0.4) is 0 Å². The lowest BCUT2D eigenvalue weighted by atomic mass is 10.2. The Balaban J connectivity index is 2.60. The summed E-state index contributed by atoms with van der Waals surface area (Å²) in [6.45, 7) is 1.02. The van der Waals surface area contributed by atoms with Gasteiger partial charge in [0.1, 0.15) is 0 Å². The molecule has 0 atom stereocenters. The van der Waals surface area contributed by atoms with Gasteiger partial charge in [-0.15, -0.1) is 0 Å². The topological polar surface area (TPSA) is 41.5 Å². The van der Waals surface area contributed by atoms with Gasteiger partial charge < -0.3 is 9.94 Å². The summed E-state index contributed by atoms with van der Waals surface area (Å²) >= 11 is 0. The lowest BCUT2D eigenvalue weighted by Gasteiger charge is -1.98. The number of nitrogens with one attached hydrogen (secondary N) is 1. The summed E-state index contributed by atoms with van der Waals surface area (Å²) in [6.07, 6.45) is 2.94. The van der Waals surface area contributed by atoms with Crippen molar-refractivity contribution in [3.8, 4) is 0 Å². The maximum atomic E-state index is 8.37. The minimum absolute atomic E-state index is 0.291. The first-order valence-electron chi connectivity index (χ1n) is 3.31. The Kier molecular flexibility index (Phi) is 7.77. The third kappa shape index (κ3) is 7.88. The Labute approximate surface area is 56.0 Å². The molecule has 0 bridgehead atoms. The smallest absolute Gasteiger partial charge is 0.0682 e. The molecule has 9 heavy (non-hydrogen) atoms. The molecule has 0 saturated heterocycles. The average molecular weight is 133 g/mol. The van der Waals surface area contributed by atoms with Gasteiger partial charge in [0.15, 0.2) is 0 Å². The zero-order valence-corrected chi connectivity index (χ0v) is 5.89. The van der Waals surface area contributed by atoms with Crippen LogP contribution in [0.1, 0.15) is 19.3 Å². The number of hydrogen-bond donors (Lipinski definition) is 2. The fourth-order valence-corrected chi connectivity index (χ4v) is 0.565. The molecule has 0 aromatic rings. The van der Waals surface area contributed by atoms with E-state index in [-0.39, 0.29) is 0 Å². The number of hydrogen-bond acceptors (Lipinski definition) is 3. The summed E-state index contributed by atoms with van der Waals surface area (Å²) in [5, 5.41) is 8.37. The summed E-state index contributed by atoms with van der Waals surface area (Å²) in [7, 11) is 1.74. The molecule has 56 valence electrons. The first-order valence-corrected chi connectivity index (χ1v) is 3.31. The van der Waals surface area contributed by atoms with Crippen molar-refractivity contribution in [2.24, 2.45) is 0 Å². The van der Waals surface area contributed by atoms with Crippen molar-refractivity contribution in [1.82, 2.24) is 5.48 Å². The number of hydroxylamine groups is 1. The maximum absolute atomic E-state index is 8.37. The van der Waals surface area contributed by atoms with Crippen LogP contribution in [0.5, 0.6) is 0 Å². The molecule has 0 radical (unpaired) electrons. The van der Waals surface area contributed by atoms with E-state index in [0.29, 0.717) is 6.61 Å². The van der Waals surface area contributed by atoms with Gasteiger partial charge in [0.2, 0.25) is 0 Å². The fourth-order valence-electron chi connectivity index (χ4n) is 0.565. The first-order chi connectivity index (χ1) is 4.41. The molecule has 2 N–H and O–H groups in total. The van der Waals surface area contributed by atoms with Crippen molar-refractivity contribution in [3.05, 3.63) is 0 Å². The van der Waals surface area contributed by atoms with Crippen molar-refractivity contribution in [3.63, 3.8) is 0 Å². The molecule has 0 aliphatic heterocycles. The minimum atomic E-state index is 0.291. The Hall–Kier alpha value is -0.120. The van der Waals surface area contributed by atoms with Crippen molar-refractivity contribution in [1.29, 1.82) is 0 Å². The molecule has 0 fully saturated rings. The lowest BCUT2D eigenvalue weighted by Crippen LogP contribution is -2.08. The third-order valence-corrected chi connectivity index (χ3v) is 1.05. The van der Waals surface area contributed by atoms with Crippen molar-refractivity contribution >= 4 is 0 Å². The largest absolute Gasteiger partial charge is 0.396 e. The van der Waals surface area contributed by atoms with Gasteiger partial charge in [-0.2, -0.15) is 0 Å². The Morgan fingerprint density at radius 2 is 2.11 bits per heavy atom. The van der Waals surface area contributed by atoms with Gasteiger partial charge in [-0.05, 0) is 19.3 Å². The first kappa shape index (κ1) is 8.88. The summed E-state index contributed by atoms with van der Waals surface area (Å²) < 4.78 is 0. The highest BCUT2D eigenvalue weighted by Crippen LogP contribution is 1.92. The number of rotatable bonds is 6. The maximum Gasteiger partial charge on any atom is 0.0682 e. The molecule has 0 spiro atoms. The SMILES string of the molecule is CNOCCCCCO. The molecule has 3 nitrogen and oxygen atoms in total. The quantitative estimate of drug-likeness (QED) is 0.404. The van der Waals surface area contributed by atoms with Crippen LogP contribution in [0, 0.1) is 0 Å². The highest BCUT2D eigenvalue weighted by Gasteiger charge is 1.85. The van der Waals surface area contributed by atoms with E-state index in [1.807, 2.05) is 0 Å². The van der Waals surface area contributed by atoms with Crippen LogP contribution in [-0.4, -0.2) is 25.4 Å². The summed E-state index contributed by atoms with van der Waals surface area (Å²) in [5.41, 5.74) is 2.58. The van der Waals surface area contributed by atoms with E-state index in [2.05, 4.69) is 5.48 Å². The predicted molar refractivity (Wildman–Crippen MR) is 35.9 cm³/mol. The Morgan fingerprint density at radius 1 is 1.33 bits per heavy atom. The van der Waals surface area contributed by atoms with Crippen LogP contribution in [0.4, 0.5) is 0 Å². The molecule has 0 saturated carbocycles. The predicted octanol–water partition coefficient (Wildman–Crippen LogP) is 0.300. The number of unbranched alkanes of at least 4 members (excludes halogenated alkanes) is 2. The van der Waals surface area contributed by atoms with Crippen LogP contribution in [0.15, 0.2) is 0 Å². The lowest BCUT2D eigenvalue weighted by molar-refractivity contribution is 0.0545. The van der Waals surface area contributed by atoms with Crippen LogP contribution >= 0.6 is 0 Å². The van der Waals surface area contributed by atoms with E-state index in [4.69, 9.17) is 9.94 Å². The van der Waals surface area contributed by atoms with Gasteiger partial charge in [-0.25, -0.2) is 5.48 Å². The van der Waals surface area contributed by atoms with Crippen LogP contribution in [-0.2, 0) is 4.84 Å². The van der Waals surface area contributed by atoms with E-state index in [9.17, 15) is 0 Å². The van der Waals surface area contributed by atoms with E-state index >= 15 is 0 Å². The Morgan fingerprint density at radius 3 is 2.67 bits per heavy atom. The summed E-state index contributed by atoms with van der Waals surface area (Å²) in [5.74, 6) is 0. The van der Waals surface area contributed by atoms with Crippen LogP contribution in [0.25, 0.3) is 0 Å². The van der Waals surface area contributed by atoms with E-state index in [1.54, 1.807) is 7.05 Å². The second-order valence-electron chi connectivity index (χ2n) is 1.84. The average Bonchev–Trinajstić information content (AvgIpc) is 1.89. The molecule has 0 rings (SSSR count). The van der Waals surface area contributed by atoms with E-state index in [1.165, 1.54) is 0 Å². The summed E-state index contributed by atoms with van der Waals surface area (Å²) in [6, 6.07) is 0. The zero-order chi connectivity index (χ0) is 6.95. The second kappa shape index (κ2) is 7.88. The van der Waals surface area contributed by atoms with Gasteiger partial charge in [-0.3, -0.25) is 0 Å².